The zero-order valence-electron chi connectivity index (χ0n) is 23.9. The molecule has 1 heterocycles. The van der Waals surface area contributed by atoms with E-state index in [9.17, 15) is 4.79 Å². The average Bonchev–Trinajstić information content (AvgIpc) is 3.32. The van der Waals surface area contributed by atoms with Gasteiger partial charge in [-0.05, 0) is 37.1 Å². The fourth-order valence-electron chi connectivity index (χ4n) is 4.76. The van der Waals surface area contributed by atoms with Crippen molar-refractivity contribution in [3.8, 4) is 5.75 Å². The number of benzene rings is 2. The van der Waals surface area contributed by atoms with Gasteiger partial charge in [-0.15, -0.1) is 0 Å². The second-order valence-electron chi connectivity index (χ2n) is 10.4. The number of ether oxygens (including phenoxy) is 1. The molecule has 0 aliphatic carbocycles. The smallest absolute Gasteiger partial charge is 0.228 e. The van der Waals surface area contributed by atoms with Gasteiger partial charge in [-0.25, -0.2) is 0 Å². The van der Waals surface area contributed by atoms with E-state index in [0.29, 0.717) is 6.42 Å². The van der Waals surface area contributed by atoms with Crippen molar-refractivity contribution in [3.63, 3.8) is 0 Å². The van der Waals surface area contributed by atoms with E-state index in [4.69, 9.17) is 4.74 Å². The van der Waals surface area contributed by atoms with Gasteiger partial charge in [0.05, 0.1) is 23.6 Å². The van der Waals surface area contributed by atoms with E-state index >= 15 is 0 Å². The molecule has 0 aliphatic rings. The number of nitrogens with one attached hydrogen (secondary N) is 1. The van der Waals surface area contributed by atoms with Gasteiger partial charge in [0, 0.05) is 5.56 Å². The molecule has 0 saturated heterocycles. The van der Waals surface area contributed by atoms with E-state index in [2.05, 4.69) is 41.5 Å². The summed E-state index contributed by atoms with van der Waals surface area (Å²) in [6.07, 6.45) is 18.5. The van der Waals surface area contributed by atoms with Gasteiger partial charge >= 0.3 is 0 Å². The quantitative estimate of drug-likeness (QED) is 0.140. The maximum Gasteiger partial charge on any atom is 0.228 e. The molecular formula is C33H47BrN2O2S. The standard InChI is InChI=1S/C33H46N2O2S.BrH/c1-3-4-5-6-7-8-9-10-11-12-13-16-22-37-31-20-17-18-29(23-31)24-33(36)34-32-21-15-14-19-30(32)26-35-25-28(2)38-27-35;/h14-15,17-21,23,25,27H,3-13,16,22,24,26H2,1-2H3;1H. The molecule has 0 fully saturated rings. The van der Waals surface area contributed by atoms with Gasteiger partial charge in [0.25, 0.3) is 0 Å². The molecule has 3 rings (SSSR count). The lowest BCUT2D eigenvalue weighted by molar-refractivity contribution is -0.683. The van der Waals surface area contributed by atoms with Crippen molar-refractivity contribution in [2.75, 3.05) is 11.9 Å². The highest BCUT2D eigenvalue weighted by atomic mass is 79.9. The summed E-state index contributed by atoms with van der Waals surface area (Å²) in [6, 6.07) is 16.0. The molecule has 0 bridgehead atoms. The fraction of sp³-hybridized carbons (Fsp3) is 0.515. The summed E-state index contributed by atoms with van der Waals surface area (Å²) in [5.74, 6) is 0.838. The van der Waals surface area contributed by atoms with Crippen molar-refractivity contribution in [2.24, 2.45) is 0 Å². The van der Waals surface area contributed by atoms with Crippen LogP contribution in [0.2, 0.25) is 0 Å². The first kappa shape index (κ1) is 33.0. The molecule has 1 N–H and O–H groups in total. The molecule has 1 aromatic heterocycles. The molecule has 39 heavy (non-hydrogen) atoms. The Morgan fingerprint density at radius 3 is 2.21 bits per heavy atom. The molecule has 0 unspecified atom stereocenters. The Morgan fingerprint density at radius 2 is 1.54 bits per heavy atom. The third-order valence-corrected chi connectivity index (χ3v) is 7.75. The number of amides is 1. The van der Waals surface area contributed by atoms with Crippen LogP contribution in [0.25, 0.3) is 0 Å². The van der Waals surface area contributed by atoms with Crippen LogP contribution in [0.1, 0.15) is 100.0 Å². The lowest BCUT2D eigenvalue weighted by Crippen LogP contribution is -3.00. The lowest BCUT2D eigenvalue weighted by atomic mass is 10.1. The molecule has 0 radical (unpaired) electrons. The first-order chi connectivity index (χ1) is 18.6. The predicted octanol–water partition coefficient (Wildman–Crippen LogP) is 5.66. The number of halogens is 1. The maximum absolute atomic E-state index is 12.8. The largest absolute Gasteiger partial charge is 1.00 e. The number of aryl methyl sites for hydroxylation is 1. The van der Waals surface area contributed by atoms with Crippen molar-refractivity contribution < 1.29 is 31.1 Å². The van der Waals surface area contributed by atoms with Crippen molar-refractivity contribution in [1.29, 1.82) is 0 Å². The number of unbranched alkanes of at least 4 members (excludes halogenated alkanes) is 11. The van der Waals surface area contributed by atoms with E-state index < -0.39 is 0 Å². The monoisotopic (exact) mass is 614 g/mol. The second kappa shape index (κ2) is 19.8. The Morgan fingerprint density at radius 1 is 0.872 bits per heavy atom. The van der Waals surface area contributed by atoms with Crippen LogP contribution in [0.15, 0.2) is 60.2 Å². The maximum atomic E-state index is 12.8. The van der Waals surface area contributed by atoms with Gasteiger partial charge in [-0.1, -0.05) is 119 Å². The predicted molar refractivity (Wildman–Crippen MR) is 160 cm³/mol. The number of carbonyl (C=O) groups excluding carboxylic acids is 1. The van der Waals surface area contributed by atoms with Gasteiger partial charge in [0.1, 0.15) is 5.75 Å². The minimum Gasteiger partial charge on any atom is -1.00 e. The summed E-state index contributed by atoms with van der Waals surface area (Å²) in [7, 11) is 0. The first-order valence-electron chi connectivity index (χ1n) is 14.7. The van der Waals surface area contributed by atoms with Crippen molar-refractivity contribution in [1.82, 2.24) is 0 Å². The molecule has 0 atom stereocenters. The summed E-state index contributed by atoms with van der Waals surface area (Å²) in [4.78, 5) is 14.1. The van der Waals surface area contributed by atoms with Gasteiger partial charge in [-0.2, -0.15) is 4.57 Å². The van der Waals surface area contributed by atoms with Gasteiger partial charge in [-0.3, -0.25) is 4.79 Å². The highest BCUT2D eigenvalue weighted by Gasteiger charge is 2.12. The Kier molecular flexibility index (Phi) is 16.8. The summed E-state index contributed by atoms with van der Waals surface area (Å²) in [5.41, 5.74) is 5.04. The zero-order valence-corrected chi connectivity index (χ0v) is 26.3. The number of aromatic nitrogens is 1. The molecule has 0 aliphatic heterocycles. The van der Waals surface area contributed by atoms with Crippen LogP contribution < -0.4 is 31.6 Å². The number of para-hydroxylation sites is 1. The van der Waals surface area contributed by atoms with Gasteiger partial charge < -0.3 is 27.0 Å². The molecular weight excluding hydrogens is 568 g/mol. The van der Waals surface area contributed by atoms with Gasteiger partial charge in [0.15, 0.2) is 12.7 Å². The van der Waals surface area contributed by atoms with Crippen molar-refractivity contribution in [3.05, 3.63) is 76.2 Å². The van der Waals surface area contributed by atoms with E-state index in [0.717, 1.165) is 42.1 Å². The normalized spacial score (nSPS) is 10.7. The lowest BCUT2D eigenvalue weighted by Gasteiger charge is -2.10. The molecule has 3 aromatic rings. The third-order valence-electron chi connectivity index (χ3n) is 6.90. The number of carbonyl (C=O) groups is 1. The number of hydrogen-bond acceptors (Lipinski definition) is 3. The van der Waals surface area contributed by atoms with Crippen molar-refractivity contribution >= 4 is 22.9 Å². The number of anilines is 1. The first-order valence-corrected chi connectivity index (χ1v) is 15.6. The van der Waals surface area contributed by atoms with Crippen LogP contribution in [-0.2, 0) is 17.8 Å². The third kappa shape index (κ3) is 13.6. The molecule has 4 nitrogen and oxygen atoms in total. The van der Waals surface area contributed by atoms with Gasteiger partial charge in [0.2, 0.25) is 11.4 Å². The summed E-state index contributed by atoms with van der Waals surface area (Å²) in [6.45, 7) is 5.85. The average molecular weight is 616 g/mol. The highest BCUT2D eigenvalue weighted by molar-refractivity contribution is 7.09. The molecule has 0 spiro atoms. The zero-order chi connectivity index (χ0) is 26.8. The van der Waals surface area contributed by atoms with Crippen LogP contribution >= 0.6 is 11.3 Å². The Labute approximate surface area is 251 Å². The van der Waals surface area contributed by atoms with Crippen LogP contribution in [-0.4, -0.2) is 12.5 Å². The Hall–Kier alpha value is -2.18. The van der Waals surface area contributed by atoms with E-state index in [1.54, 1.807) is 11.3 Å². The molecule has 0 saturated carbocycles. The molecule has 6 heteroatoms. The molecule has 1 amide bonds. The van der Waals surface area contributed by atoms with Crippen LogP contribution in [0.3, 0.4) is 0 Å². The topological polar surface area (TPSA) is 42.2 Å². The minimum absolute atomic E-state index is 0. The molecule has 2 aromatic carbocycles. The van der Waals surface area contributed by atoms with Crippen LogP contribution in [0.4, 0.5) is 5.69 Å². The fourth-order valence-corrected chi connectivity index (χ4v) is 5.40. The number of nitrogens with zero attached hydrogens (tertiary/aromatic N) is 1. The minimum atomic E-state index is -0.0120. The van der Waals surface area contributed by atoms with Crippen LogP contribution in [0.5, 0.6) is 5.75 Å². The Bertz CT molecular complexity index is 1080. The van der Waals surface area contributed by atoms with Crippen molar-refractivity contribution in [2.45, 2.75) is 104 Å². The Balaban J connectivity index is 0.00000533. The summed E-state index contributed by atoms with van der Waals surface area (Å²) >= 11 is 1.73. The van der Waals surface area contributed by atoms with Crippen LogP contribution in [0, 0.1) is 6.92 Å². The summed E-state index contributed by atoms with van der Waals surface area (Å²) in [5, 5.41) is 3.11. The SMILES string of the molecule is CCCCCCCCCCCCCCOc1cccc(CC(=O)Nc2ccccc2C[n+]2csc(C)c2)c1.[Br-]. The van der Waals surface area contributed by atoms with E-state index in [1.165, 1.54) is 75.5 Å². The van der Waals surface area contributed by atoms with E-state index in [-0.39, 0.29) is 22.9 Å². The second-order valence-corrected chi connectivity index (χ2v) is 11.5. The number of hydrogen-bond donors (Lipinski definition) is 1. The van der Waals surface area contributed by atoms with E-state index in [1.807, 2.05) is 42.5 Å². The summed E-state index contributed by atoms with van der Waals surface area (Å²) < 4.78 is 8.15. The highest BCUT2D eigenvalue weighted by Crippen LogP contribution is 2.18. The number of rotatable bonds is 19. The number of thiazole rings is 1. The molecule has 214 valence electrons.